The molecule has 0 aromatic carbocycles. The summed E-state index contributed by atoms with van der Waals surface area (Å²) in [6.45, 7) is 14.3. The van der Waals surface area contributed by atoms with Crippen LogP contribution in [0.2, 0.25) is 0 Å². The molecule has 0 aliphatic carbocycles. The highest BCUT2D eigenvalue weighted by molar-refractivity contribution is 7.11. The molecule has 0 saturated heterocycles. The van der Waals surface area contributed by atoms with Gasteiger partial charge in [0.15, 0.2) is 0 Å². The molecule has 1 aromatic rings. The Morgan fingerprint density at radius 1 is 1.41 bits per heavy atom. The Kier molecular flexibility index (Phi) is 5.10. The molecule has 1 rings (SSSR count). The molecule has 0 saturated carbocycles. The van der Waals surface area contributed by atoms with E-state index in [0.29, 0.717) is 0 Å². The summed E-state index contributed by atoms with van der Waals surface area (Å²) in [6, 6.07) is 0. The molecule has 0 aliphatic heterocycles. The van der Waals surface area contributed by atoms with E-state index in [1.165, 1.54) is 4.88 Å². The maximum absolute atomic E-state index is 5.57. The van der Waals surface area contributed by atoms with Crippen LogP contribution < -0.4 is 5.32 Å². The van der Waals surface area contributed by atoms with Crippen LogP contribution in [0.4, 0.5) is 0 Å². The van der Waals surface area contributed by atoms with Gasteiger partial charge in [-0.2, -0.15) is 0 Å². The van der Waals surface area contributed by atoms with Crippen molar-refractivity contribution in [3.05, 3.63) is 15.6 Å². The second kappa shape index (κ2) is 5.94. The Morgan fingerprint density at radius 3 is 2.59 bits per heavy atom. The van der Waals surface area contributed by atoms with Crippen LogP contribution >= 0.6 is 11.3 Å². The minimum atomic E-state index is 0.104. The molecule has 17 heavy (non-hydrogen) atoms. The van der Waals surface area contributed by atoms with Gasteiger partial charge in [0, 0.05) is 23.6 Å². The Morgan fingerprint density at radius 2 is 2.06 bits per heavy atom. The molecule has 1 atom stereocenters. The Hall–Kier alpha value is -0.450. The molecule has 0 spiro atoms. The smallest absolute Gasteiger partial charge is 0.122 e. The quantitative estimate of drug-likeness (QED) is 0.876. The van der Waals surface area contributed by atoms with Gasteiger partial charge in [0.05, 0.1) is 5.69 Å². The molecule has 98 valence electrons. The van der Waals surface area contributed by atoms with Crippen LogP contribution in [0.25, 0.3) is 0 Å². The van der Waals surface area contributed by atoms with E-state index in [-0.39, 0.29) is 11.6 Å². The molecule has 0 radical (unpaired) electrons. The second-order valence-electron chi connectivity index (χ2n) is 5.26. The van der Waals surface area contributed by atoms with Crippen LogP contribution in [0, 0.1) is 6.92 Å². The summed E-state index contributed by atoms with van der Waals surface area (Å²) < 4.78 is 5.57. The number of aryl methyl sites for hydroxylation is 1. The number of thiazole rings is 1. The zero-order chi connectivity index (χ0) is 13.1. The first kappa shape index (κ1) is 14.6. The lowest BCUT2D eigenvalue weighted by Crippen LogP contribution is -2.34. The van der Waals surface area contributed by atoms with Crippen LogP contribution in [-0.2, 0) is 11.3 Å². The van der Waals surface area contributed by atoms with E-state index in [4.69, 9.17) is 4.74 Å². The molecule has 0 amide bonds. The molecule has 3 nitrogen and oxygen atoms in total. The van der Waals surface area contributed by atoms with Crippen molar-refractivity contribution < 1.29 is 4.74 Å². The fourth-order valence-electron chi connectivity index (χ4n) is 1.46. The van der Waals surface area contributed by atoms with E-state index in [1.807, 2.05) is 6.92 Å². The third kappa shape index (κ3) is 4.74. The van der Waals surface area contributed by atoms with Crippen molar-refractivity contribution in [1.82, 2.24) is 10.3 Å². The lowest BCUT2D eigenvalue weighted by atomic mass is 10.1. The minimum Gasteiger partial charge on any atom is -0.372 e. The van der Waals surface area contributed by atoms with Gasteiger partial charge in [-0.1, -0.05) is 0 Å². The molecular formula is C13H24N2OS. The number of rotatable bonds is 5. The SMILES string of the molecule is CCOC(C)c1nc(C)c(CNC(C)(C)C)s1. The summed E-state index contributed by atoms with van der Waals surface area (Å²) in [5, 5.41) is 4.57. The largest absolute Gasteiger partial charge is 0.372 e. The van der Waals surface area contributed by atoms with Crippen molar-refractivity contribution in [2.75, 3.05) is 6.61 Å². The molecule has 0 fully saturated rings. The highest BCUT2D eigenvalue weighted by atomic mass is 32.1. The standard InChI is InChI=1S/C13H24N2OS/c1-7-16-10(3)12-15-9(2)11(17-12)8-14-13(4,5)6/h10,14H,7-8H2,1-6H3. The molecule has 0 bridgehead atoms. The van der Waals surface area contributed by atoms with Gasteiger partial charge >= 0.3 is 0 Å². The van der Waals surface area contributed by atoms with Crippen LogP contribution in [0.5, 0.6) is 0 Å². The predicted molar refractivity (Wildman–Crippen MR) is 73.5 cm³/mol. The highest BCUT2D eigenvalue weighted by Gasteiger charge is 2.15. The summed E-state index contributed by atoms with van der Waals surface area (Å²) in [5.41, 5.74) is 1.26. The molecule has 1 N–H and O–H groups in total. The summed E-state index contributed by atoms with van der Waals surface area (Å²) >= 11 is 1.75. The van der Waals surface area contributed by atoms with Crippen LogP contribution in [0.3, 0.4) is 0 Å². The average molecular weight is 256 g/mol. The number of nitrogens with zero attached hydrogens (tertiary/aromatic N) is 1. The van der Waals surface area contributed by atoms with Gasteiger partial charge in [0.1, 0.15) is 11.1 Å². The number of hydrogen-bond donors (Lipinski definition) is 1. The molecular weight excluding hydrogens is 232 g/mol. The third-order valence-electron chi connectivity index (χ3n) is 2.45. The summed E-state index contributed by atoms with van der Waals surface area (Å²) in [6.07, 6.45) is 0.104. The predicted octanol–water partition coefficient (Wildman–Crippen LogP) is 3.44. The van der Waals surface area contributed by atoms with Crippen LogP contribution in [0.15, 0.2) is 0 Å². The number of nitrogens with one attached hydrogen (secondary N) is 1. The molecule has 4 heteroatoms. The van der Waals surface area contributed by atoms with Gasteiger partial charge in [0.25, 0.3) is 0 Å². The van der Waals surface area contributed by atoms with Gasteiger partial charge < -0.3 is 10.1 Å². The van der Waals surface area contributed by atoms with Gasteiger partial charge in [-0.3, -0.25) is 0 Å². The maximum atomic E-state index is 5.57. The highest BCUT2D eigenvalue weighted by Crippen LogP contribution is 2.25. The van der Waals surface area contributed by atoms with Gasteiger partial charge in [-0.25, -0.2) is 4.98 Å². The molecule has 0 aliphatic rings. The summed E-state index contributed by atoms with van der Waals surface area (Å²) in [5.74, 6) is 0. The van der Waals surface area contributed by atoms with Crippen molar-refractivity contribution in [2.45, 2.75) is 59.7 Å². The van der Waals surface area contributed by atoms with E-state index < -0.39 is 0 Å². The lowest BCUT2D eigenvalue weighted by Gasteiger charge is -2.19. The Labute approximate surface area is 109 Å². The zero-order valence-corrected chi connectivity index (χ0v) is 12.6. The maximum Gasteiger partial charge on any atom is 0.122 e. The van der Waals surface area contributed by atoms with Crippen LogP contribution in [-0.4, -0.2) is 17.1 Å². The first-order chi connectivity index (χ1) is 7.83. The first-order valence-electron chi connectivity index (χ1n) is 6.16. The van der Waals surface area contributed by atoms with Crippen LogP contribution in [0.1, 0.15) is 56.3 Å². The van der Waals surface area contributed by atoms with Crippen molar-refractivity contribution in [3.8, 4) is 0 Å². The number of ether oxygens (including phenoxy) is 1. The third-order valence-corrected chi connectivity index (χ3v) is 3.77. The normalized spacial score (nSPS) is 14.0. The fraction of sp³-hybridized carbons (Fsp3) is 0.769. The van der Waals surface area contributed by atoms with E-state index in [9.17, 15) is 0 Å². The van der Waals surface area contributed by atoms with Gasteiger partial charge in [-0.05, 0) is 41.5 Å². The zero-order valence-electron chi connectivity index (χ0n) is 11.8. The van der Waals surface area contributed by atoms with Gasteiger partial charge in [0.2, 0.25) is 0 Å². The van der Waals surface area contributed by atoms with Crippen molar-refractivity contribution >= 4 is 11.3 Å². The summed E-state index contributed by atoms with van der Waals surface area (Å²) in [7, 11) is 0. The lowest BCUT2D eigenvalue weighted by molar-refractivity contribution is 0.0761. The monoisotopic (exact) mass is 256 g/mol. The summed E-state index contributed by atoms with van der Waals surface area (Å²) in [4.78, 5) is 5.89. The topological polar surface area (TPSA) is 34.1 Å². The van der Waals surface area contributed by atoms with Crippen molar-refractivity contribution in [2.24, 2.45) is 0 Å². The van der Waals surface area contributed by atoms with E-state index >= 15 is 0 Å². The Bertz CT molecular complexity index is 355. The average Bonchev–Trinajstić information content (AvgIpc) is 2.56. The number of aromatic nitrogens is 1. The van der Waals surface area contributed by atoms with Crippen molar-refractivity contribution in [3.63, 3.8) is 0 Å². The molecule has 1 heterocycles. The van der Waals surface area contributed by atoms with Crippen molar-refractivity contribution in [1.29, 1.82) is 0 Å². The fourth-order valence-corrected chi connectivity index (χ4v) is 2.46. The van der Waals surface area contributed by atoms with E-state index in [2.05, 4.69) is 44.9 Å². The van der Waals surface area contributed by atoms with E-state index in [1.54, 1.807) is 11.3 Å². The number of hydrogen-bond acceptors (Lipinski definition) is 4. The second-order valence-corrected chi connectivity index (χ2v) is 6.38. The van der Waals surface area contributed by atoms with E-state index in [0.717, 1.165) is 23.9 Å². The van der Waals surface area contributed by atoms with Gasteiger partial charge in [-0.15, -0.1) is 11.3 Å². The minimum absolute atomic E-state index is 0.104. The molecule has 1 aromatic heterocycles. The Balaban J connectivity index is 2.68. The first-order valence-corrected chi connectivity index (χ1v) is 6.98. The molecule has 1 unspecified atom stereocenters.